The van der Waals surface area contributed by atoms with E-state index in [1.165, 1.54) is 0 Å². The Morgan fingerprint density at radius 2 is 0.638 bits per heavy atom. The van der Waals surface area contributed by atoms with Crippen LogP contribution in [0.2, 0.25) is 0 Å². The molecular formula is C54H97NO14. The number of hydrogen-bond donors (Lipinski definition) is 0. The molecule has 0 bridgehead atoms. The summed E-state index contributed by atoms with van der Waals surface area (Å²) in [5.41, 5.74) is -2.37. The second kappa shape index (κ2) is 44.2. The maximum atomic E-state index is 14.1. The predicted molar refractivity (Wildman–Crippen MR) is 267 cm³/mol. The summed E-state index contributed by atoms with van der Waals surface area (Å²) in [5.74, 6) is -4.27. The Labute approximate surface area is 417 Å². The summed E-state index contributed by atoms with van der Waals surface area (Å²) >= 11 is 0. The zero-order valence-corrected chi connectivity index (χ0v) is 44.5. The third kappa shape index (κ3) is 37.7. The van der Waals surface area contributed by atoms with Gasteiger partial charge in [0.1, 0.15) is 0 Å². The monoisotopic (exact) mass is 984 g/mol. The Hall–Kier alpha value is -3.75. The molecule has 15 heteroatoms. The molecule has 0 N–H and O–H groups in total. The maximum absolute atomic E-state index is 14.1. The Kier molecular flexibility index (Phi) is 41.8. The third-order valence-electron chi connectivity index (χ3n) is 11.8. The van der Waals surface area contributed by atoms with Crippen LogP contribution in [0.1, 0.15) is 241 Å². The van der Waals surface area contributed by atoms with Crippen molar-refractivity contribution in [2.75, 3.05) is 46.2 Å². The highest BCUT2D eigenvalue weighted by Gasteiger charge is 2.49. The number of unbranched alkanes of at least 4 members (excludes halogenated alkanes) is 18. The molecule has 0 atom stereocenters. The van der Waals surface area contributed by atoms with Crippen LogP contribution < -0.4 is 0 Å². The fourth-order valence-electron chi connectivity index (χ4n) is 7.70. The van der Waals surface area contributed by atoms with Gasteiger partial charge in [0.2, 0.25) is 5.60 Å². The van der Waals surface area contributed by atoms with Crippen molar-refractivity contribution in [3.8, 4) is 0 Å². The van der Waals surface area contributed by atoms with Crippen LogP contribution in [0.15, 0.2) is 0 Å². The lowest BCUT2D eigenvalue weighted by atomic mass is 9.94. The van der Waals surface area contributed by atoms with Gasteiger partial charge >= 0.3 is 41.8 Å². The van der Waals surface area contributed by atoms with Gasteiger partial charge in [-0.25, -0.2) is 4.79 Å². The van der Waals surface area contributed by atoms with Crippen molar-refractivity contribution in [3.63, 3.8) is 0 Å². The Morgan fingerprint density at radius 3 is 0.957 bits per heavy atom. The van der Waals surface area contributed by atoms with Gasteiger partial charge in [0.25, 0.3) is 0 Å². The molecule has 0 aliphatic carbocycles. The number of carbonyl (C=O) groups excluding carboxylic acids is 7. The number of hydrogen-bond acceptors (Lipinski definition) is 15. The van der Waals surface area contributed by atoms with Gasteiger partial charge < -0.3 is 33.2 Å². The summed E-state index contributed by atoms with van der Waals surface area (Å²) in [6, 6.07) is 0.215. The molecule has 0 aliphatic rings. The Bertz CT molecular complexity index is 1310. The van der Waals surface area contributed by atoms with E-state index in [1.807, 2.05) is 27.7 Å². The number of esters is 7. The first-order valence-corrected chi connectivity index (χ1v) is 27.1. The van der Waals surface area contributed by atoms with Crippen LogP contribution in [0, 0.1) is 0 Å². The van der Waals surface area contributed by atoms with Crippen LogP contribution in [0.25, 0.3) is 0 Å². The zero-order chi connectivity index (χ0) is 51.4. The van der Waals surface area contributed by atoms with Crippen molar-refractivity contribution in [1.82, 2.24) is 4.90 Å². The van der Waals surface area contributed by atoms with E-state index >= 15 is 0 Å². The first kappa shape index (κ1) is 65.2. The summed E-state index contributed by atoms with van der Waals surface area (Å²) in [6.07, 6.45) is 19.8. The normalized spacial score (nSPS) is 11.4. The highest BCUT2D eigenvalue weighted by atomic mass is 16.6. The summed E-state index contributed by atoms with van der Waals surface area (Å²) in [4.78, 5) is 93.1. The first-order chi connectivity index (χ1) is 33.2. The Morgan fingerprint density at radius 1 is 0.348 bits per heavy atom. The van der Waals surface area contributed by atoms with E-state index in [9.17, 15) is 33.6 Å². The van der Waals surface area contributed by atoms with E-state index in [0.29, 0.717) is 83.6 Å². The van der Waals surface area contributed by atoms with Crippen molar-refractivity contribution in [2.24, 2.45) is 0 Å². The van der Waals surface area contributed by atoms with Gasteiger partial charge in [-0.15, -0.1) is 0 Å². The summed E-state index contributed by atoms with van der Waals surface area (Å²) < 4.78 is 38.6. The Balaban J connectivity index is 5.72. The fourth-order valence-corrected chi connectivity index (χ4v) is 7.70. The van der Waals surface area contributed by atoms with Gasteiger partial charge in [0, 0.05) is 37.9 Å². The van der Waals surface area contributed by atoms with Crippen LogP contribution >= 0.6 is 0 Å². The number of nitrogens with zero attached hydrogens (tertiary/aromatic N) is 1. The third-order valence-corrected chi connectivity index (χ3v) is 11.8. The zero-order valence-electron chi connectivity index (χ0n) is 44.5. The molecule has 0 unspecified atom stereocenters. The van der Waals surface area contributed by atoms with Gasteiger partial charge in [-0.1, -0.05) is 97.8 Å². The molecule has 0 saturated carbocycles. The van der Waals surface area contributed by atoms with E-state index in [0.717, 1.165) is 96.3 Å². The second-order valence-electron chi connectivity index (χ2n) is 18.9. The molecule has 0 saturated heterocycles. The fraction of sp³-hybridized carbons (Fsp3) is 0.870. The minimum atomic E-state index is -2.37. The highest BCUT2D eigenvalue weighted by Crippen LogP contribution is 2.27. The van der Waals surface area contributed by atoms with E-state index < -0.39 is 42.3 Å². The number of ether oxygens (including phenoxy) is 7. The van der Waals surface area contributed by atoms with Crippen molar-refractivity contribution in [2.45, 2.75) is 259 Å². The summed E-state index contributed by atoms with van der Waals surface area (Å²) in [6.45, 7) is 15.4. The average Bonchev–Trinajstić information content (AvgIpc) is 3.30. The SMILES string of the molecule is CCCCCCCC(=O)OCCCCCOC(=O)CC(CC(=O)OCCCCCOC(=O)CCCCCCC)(OC(=O)CCN(C(C)C)C(C)C)C(=O)OCCCCCOC(=O)CCCCCCC. The van der Waals surface area contributed by atoms with E-state index in [4.69, 9.17) is 33.2 Å². The summed E-state index contributed by atoms with van der Waals surface area (Å²) in [5, 5.41) is 0. The smallest absolute Gasteiger partial charge is 0.351 e. The topological polar surface area (TPSA) is 187 Å². The number of carbonyl (C=O) groups is 7. The molecule has 0 rings (SSSR count). The van der Waals surface area contributed by atoms with Crippen LogP contribution in [0.3, 0.4) is 0 Å². The van der Waals surface area contributed by atoms with Gasteiger partial charge in [0.05, 0.1) is 58.9 Å². The molecule has 0 aromatic carbocycles. The molecule has 69 heavy (non-hydrogen) atoms. The lowest BCUT2D eigenvalue weighted by Crippen LogP contribution is -2.49. The van der Waals surface area contributed by atoms with Gasteiger partial charge in [-0.2, -0.15) is 0 Å². The van der Waals surface area contributed by atoms with Crippen LogP contribution in [0.5, 0.6) is 0 Å². The molecule has 0 heterocycles. The van der Waals surface area contributed by atoms with Crippen molar-refractivity contribution in [1.29, 1.82) is 0 Å². The molecule has 402 valence electrons. The quantitative estimate of drug-likeness (QED) is 0.0318. The lowest BCUT2D eigenvalue weighted by molar-refractivity contribution is -0.191. The van der Waals surface area contributed by atoms with E-state index in [2.05, 4.69) is 25.7 Å². The second-order valence-corrected chi connectivity index (χ2v) is 18.9. The molecular weight excluding hydrogens is 887 g/mol. The van der Waals surface area contributed by atoms with Crippen LogP contribution in [0.4, 0.5) is 0 Å². The van der Waals surface area contributed by atoms with Crippen molar-refractivity contribution < 1.29 is 66.7 Å². The van der Waals surface area contributed by atoms with Crippen molar-refractivity contribution in [3.05, 3.63) is 0 Å². The standard InChI is InChI=1S/C54H97NO14/c1-8-11-14-17-23-32-47(56)63-37-26-20-29-40-66-51(60)43-54(69-50(59)35-36-55(45(4)5)46(6)7,53(62)68-42-31-22-28-39-65-49(58)34-25-19-16-13-10-3)44-52(61)67-41-30-21-27-38-64-48(57)33-24-18-15-12-9-2/h45-46H,8-44H2,1-7H3. The minimum Gasteiger partial charge on any atom is -0.466 e. The van der Waals surface area contributed by atoms with E-state index in [1.54, 1.807) is 0 Å². The molecule has 0 aliphatic heterocycles. The maximum Gasteiger partial charge on any atom is 0.351 e. The van der Waals surface area contributed by atoms with Crippen molar-refractivity contribution >= 4 is 41.8 Å². The molecule has 15 nitrogen and oxygen atoms in total. The molecule has 0 amide bonds. The molecule has 0 aromatic rings. The highest BCUT2D eigenvalue weighted by molar-refractivity contribution is 5.92. The largest absolute Gasteiger partial charge is 0.466 e. The van der Waals surface area contributed by atoms with Crippen LogP contribution in [-0.2, 0) is 66.7 Å². The first-order valence-electron chi connectivity index (χ1n) is 27.1. The van der Waals surface area contributed by atoms with Crippen LogP contribution in [-0.4, -0.2) is 111 Å². The average molecular weight is 984 g/mol. The molecule has 0 fully saturated rings. The van der Waals surface area contributed by atoms with Gasteiger partial charge in [0.15, 0.2) is 0 Å². The predicted octanol–water partition coefficient (Wildman–Crippen LogP) is 11.4. The van der Waals surface area contributed by atoms with Gasteiger partial charge in [-0.3, -0.25) is 33.7 Å². The lowest BCUT2D eigenvalue weighted by Gasteiger charge is -2.32. The van der Waals surface area contributed by atoms with E-state index in [-0.39, 0.29) is 76.1 Å². The molecule has 0 spiro atoms. The summed E-state index contributed by atoms with van der Waals surface area (Å²) in [7, 11) is 0. The number of rotatable bonds is 47. The molecule has 0 aromatic heterocycles. The molecule has 0 radical (unpaired) electrons. The minimum absolute atomic E-state index is 0.0107. The van der Waals surface area contributed by atoms with Gasteiger partial charge in [-0.05, 0) is 105 Å².